The molecule has 0 aliphatic carbocycles. The molecule has 0 saturated carbocycles. The van der Waals surface area contributed by atoms with E-state index in [-0.39, 0.29) is 12.0 Å². The second kappa shape index (κ2) is 4.09. The van der Waals surface area contributed by atoms with Gasteiger partial charge in [-0.3, -0.25) is 4.68 Å². The third kappa shape index (κ3) is 2.46. The maximum Gasteiger partial charge on any atom is 0.257 e. The molecule has 0 spiro atoms. The molecule has 1 aromatic carbocycles. The Kier molecular flexibility index (Phi) is 2.89. The van der Waals surface area contributed by atoms with E-state index in [0.29, 0.717) is 0 Å². The summed E-state index contributed by atoms with van der Waals surface area (Å²) in [6.45, 7) is 6.02. The summed E-state index contributed by atoms with van der Waals surface area (Å²) in [5.74, 6) is 0. The van der Waals surface area contributed by atoms with Gasteiger partial charge in [-0.2, -0.15) is 5.10 Å². The van der Waals surface area contributed by atoms with Gasteiger partial charge in [0, 0.05) is 5.39 Å². The minimum atomic E-state index is -2.37. The van der Waals surface area contributed by atoms with E-state index in [2.05, 4.69) is 25.9 Å². The van der Waals surface area contributed by atoms with Gasteiger partial charge in [0.05, 0.1) is 11.7 Å². The summed E-state index contributed by atoms with van der Waals surface area (Å²) < 4.78 is 26.0. The summed E-state index contributed by atoms with van der Waals surface area (Å²) in [6.07, 6.45) is -0.729. The van der Waals surface area contributed by atoms with Gasteiger partial charge in [-0.15, -0.1) is 0 Å². The number of benzene rings is 1. The number of aromatic nitrogens is 2. The van der Waals surface area contributed by atoms with Crippen molar-refractivity contribution < 1.29 is 8.78 Å². The number of fused-ring (bicyclic) bond motifs is 1. The fourth-order valence-corrected chi connectivity index (χ4v) is 1.83. The van der Waals surface area contributed by atoms with E-state index in [1.54, 1.807) is 6.20 Å². The van der Waals surface area contributed by atoms with Crippen LogP contribution in [0, 0.1) is 0 Å². The van der Waals surface area contributed by atoms with Gasteiger partial charge in [0.2, 0.25) is 0 Å². The molecule has 92 valence electrons. The highest BCUT2D eigenvalue weighted by Crippen LogP contribution is 2.26. The lowest BCUT2D eigenvalue weighted by molar-refractivity contribution is 0.123. The van der Waals surface area contributed by atoms with Crippen molar-refractivity contribution in [3.05, 3.63) is 30.0 Å². The molecule has 0 N–H and O–H groups in total. The molecular weight excluding hydrogens is 222 g/mol. The topological polar surface area (TPSA) is 17.8 Å². The second-order valence-electron chi connectivity index (χ2n) is 5.24. The maximum atomic E-state index is 12.3. The molecule has 0 unspecified atom stereocenters. The van der Waals surface area contributed by atoms with Gasteiger partial charge in [-0.05, 0) is 23.1 Å². The molecule has 17 heavy (non-hydrogen) atoms. The number of halogens is 2. The first-order valence-electron chi connectivity index (χ1n) is 5.62. The van der Waals surface area contributed by atoms with Crippen LogP contribution in [0.25, 0.3) is 10.9 Å². The van der Waals surface area contributed by atoms with Crippen molar-refractivity contribution in [1.29, 1.82) is 0 Å². The van der Waals surface area contributed by atoms with Crippen LogP contribution < -0.4 is 0 Å². The smallest absolute Gasteiger partial charge is 0.257 e. The van der Waals surface area contributed by atoms with Crippen molar-refractivity contribution in [2.75, 3.05) is 0 Å². The zero-order valence-corrected chi connectivity index (χ0v) is 10.2. The lowest BCUT2D eigenvalue weighted by Crippen LogP contribution is -2.11. The van der Waals surface area contributed by atoms with Crippen LogP contribution in [0.3, 0.4) is 0 Å². The molecule has 1 heterocycles. The van der Waals surface area contributed by atoms with Crippen LogP contribution in [-0.4, -0.2) is 16.2 Å². The van der Waals surface area contributed by atoms with Crippen molar-refractivity contribution in [3.63, 3.8) is 0 Å². The van der Waals surface area contributed by atoms with Crippen molar-refractivity contribution in [2.24, 2.45) is 0 Å². The number of hydrogen-bond donors (Lipinski definition) is 0. The van der Waals surface area contributed by atoms with E-state index < -0.39 is 6.43 Å². The third-order valence-corrected chi connectivity index (χ3v) is 2.82. The predicted molar refractivity (Wildman–Crippen MR) is 64.4 cm³/mol. The van der Waals surface area contributed by atoms with E-state index in [1.807, 2.05) is 18.2 Å². The van der Waals surface area contributed by atoms with Crippen LogP contribution in [0.2, 0.25) is 0 Å². The van der Waals surface area contributed by atoms with Crippen molar-refractivity contribution in [3.8, 4) is 0 Å². The first kappa shape index (κ1) is 12.0. The van der Waals surface area contributed by atoms with E-state index in [9.17, 15) is 8.78 Å². The highest BCUT2D eigenvalue weighted by molar-refractivity contribution is 5.79. The van der Waals surface area contributed by atoms with E-state index in [4.69, 9.17) is 0 Å². The zero-order chi connectivity index (χ0) is 12.6. The largest absolute Gasteiger partial charge is 0.259 e. The Labute approximate surface area is 99.2 Å². The SMILES string of the molecule is CC(C)(C)c1ccc2c(cnn2CC(F)F)c1. The standard InChI is InChI=1S/C13H16F2N2/c1-13(2,3)10-4-5-11-9(6-10)7-16-17(11)8-12(14)15/h4-7,12H,8H2,1-3H3. The van der Waals surface area contributed by atoms with Crippen LogP contribution in [0.1, 0.15) is 26.3 Å². The average molecular weight is 238 g/mol. The molecule has 0 fully saturated rings. The van der Waals surface area contributed by atoms with E-state index in [0.717, 1.165) is 10.9 Å². The molecule has 0 bridgehead atoms. The molecule has 0 saturated heterocycles. The molecule has 0 atom stereocenters. The Morgan fingerprint density at radius 2 is 2.00 bits per heavy atom. The molecule has 2 nitrogen and oxygen atoms in total. The quantitative estimate of drug-likeness (QED) is 0.781. The normalized spacial score (nSPS) is 12.6. The number of alkyl halides is 2. The zero-order valence-electron chi connectivity index (χ0n) is 10.2. The number of hydrogen-bond acceptors (Lipinski definition) is 1. The Hall–Kier alpha value is -1.45. The monoisotopic (exact) mass is 238 g/mol. The summed E-state index contributed by atoms with van der Waals surface area (Å²) in [5, 5.41) is 4.91. The van der Waals surface area contributed by atoms with Gasteiger partial charge in [0.15, 0.2) is 0 Å². The molecule has 2 aromatic rings. The van der Waals surface area contributed by atoms with Gasteiger partial charge in [0.1, 0.15) is 6.54 Å². The van der Waals surface area contributed by atoms with Gasteiger partial charge in [-0.25, -0.2) is 8.78 Å². The minimum absolute atomic E-state index is 0.0546. The maximum absolute atomic E-state index is 12.3. The molecule has 2 rings (SSSR count). The van der Waals surface area contributed by atoms with E-state index in [1.165, 1.54) is 10.2 Å². The summed E-state index contributed by atoms with van der Waals surface area (Å²) in [7, 11) is 0. The van der Waals surface area contributed by atoms with Crippen LogP contribution in [0.15, 0.2) is 24.4 Å². The second-order valence-corrected chi connectivity index (χ2v) is 5.24. The summed E-state index contributed by atoms with van der Waals surface area (Å²) >= 11 is 0. The predicted octanol–water partition coefficient (Wildman–Crippen LogP) is 3.60. The van der Waals surface area contributed by atoms with Crippen molar-refractivity contribution in [2.45, 2.75) is 39.2 Å². The first-order valence-corrected chi connectivity index (χ1v) is 5.62. The highest BCUT2D eigenvalue weighted by Gasteiger charge is 2.15. The van der Waals surface area contributed by atoms with Crippen LogP contribution in [-0.2, 0) is 12.0 Å². The summed E-state index contributed by atoms with van der Waals surface area (Å²) in [4.78, 5) is 0. The summed E-state index contributed by atoms with van der Waals surface area (Å²) in [6, 6.07) is 5.86. The van der Waals surface area contributed by atoms with Crippen molar-refractivity contribution >= 4 is 10.9 Å². The fraction of sp³-hybridized carbons (Fsp3) is 0.462. The first-order chi connectivity index (χ1) is 7.88. The van der Waals surface area contributed by atoms with Crippen LogP contribution >= 0.6 is 0 Å². The molecular formula is C13H16F2N2. The minimum Gasteiger partial charge on any atom is -0.259 e. The number of rotatable bonds is 2. The molecule has 0 aliphatic heterocycles. The Balaban J connectivity index is 2.45. The highest BCUT2D eigenvalue weighted by atomic mass is 19.3. The van der Waals surface area contributed by atoms with Gasteiger partial charge < -0.3 is 0 Å². The van der Waals surface area contributed by atoms with Crippen molar-refractivity contribution in [1.82, 2.24) is 9.78 Å². The van der Waals surface area contributed by atoms with Crippen LogP contribution in [0.4, 0.5) is 8.78 Å². The Morgan fingerprint density at radius 1 is 1.29 bits per heavy atom. The van der Waals surface area contributed by atoms with Gasteiger partial charge in [0.25, 0.3) is 6.43 Å². The third-order valence-electron chi connectivity index (χ3n) is 2.82. The lowest BCUT2D eigenvalue weighted by atomic mass is 9.86. The Bertz CT molecular complexity index is 524. The number of nitrogens with zero attached hydrogens (tertiary/aromatic N) is 2. The average Bonchev–Trinajstić information content (AvgIpc) is 2.59. The van der Waals surface area contributed by atoms with Gasteiger partial charge >= 0.3 is 0 Å². The lowest BCUT2D eigenvalue weighted by Gasteiger charge is -2.18. The van der Waals surface area contributed by atoms with Gasteiger partial charge in [-0.1, -0.05) is 26.8 Å². The fourth-order valence-electron chi connectivity index (χ4n) is 1.83. The molecule has 1 aromatic heterocycles. The Morgan fingerprint density at radius 3 is 2.59 bits per heavy atom. The van der Waals surface area contributed by atoms with E-state index >= 15 is 0 Å². The van der Waals surface area contributed by atoms with Crippen LogP contribution in [0.5, 0.6) is 0 Å². The molecule has 0 radical (unpaired) electrons. The molecule has 0 aliphatic rings. The molecule has 0 amide bonds. The summed E-state index contributed by atoms with van der Waals surface area (Å²) in [5.41, 5.74) is 2.00. The molecule has 4 heteroatoms.